The van der Waals surface area contributed by atoms with Crippen molar-refractivity contribution in [1.29, 1.82) is 0 Å². The first-order chi connectivity index (χ1) is 17.0. The van der Waals surface area contributed by atoms with Crippen molar-refractivity contribution in [3.8, 4) is 11.5 Å². The molecule has 2 heterocycles. The summed E-state index contributed by atoms with van der Waals surface area (Å²) in [6.45, 7) is 0.257. The van der Waals surface area contributed by atoms with E-state index in [0.717, 1.165) is 11.3 Å². The number of anilines is 1. The van der Waals surface area contributed by atoms with Crippen LogP contribution in [0.25, 0.3) is 0 Å². The molecule has 3 aromatic rings. The number of hydrogen-bond donors (Lipinski definition) is 0. The summed E-state index contributed by atoms with van der Waals surface area (Å²) in [5.74, 6) is 0.971. The highest BCUT2D eigenvalue weighted by Gasteiger charge is 2.49. The van der Waals surface area contributed by atoms with Gasteiger partial charge in [0, 0.05) is 10.9 Å². The summed E-state index contributed by atoms with van der Waals surface area (Å²) in [4.78, 5) is 18.7. The van der Waals surface area contributed by atoms with E-state index in [1.54, 1.807) is 12.1 Å². The molecule has 2 aliphatic rings. The van der Waals surface area contributed by atoms with E-state index in [1.165, 1.54) is 11.8 Å². The van der Waals surface area contributed by atoms with E-state index in [9.17, 15) is 13.2 Å². The van der Waals surface area contributed by atoms with Crippen LogP contribution in [0.5, 0.6) is 11.5 Å². The van der Waals surface area contributed by atoms with Crippen LogP contribution in [0.4, 0.5) is 5.69 Å². The molecule has 3 aromatic carbocycles. The third kappa shape index (κ3) is 5.68. The van der Waals surface area contributed by atoms with Crippen LogP contribution in [0.3, 0.4) is 0 Å². The van der Waals surface area contributed by atoms with Crippen molar-refractivity contribution in [3.63, 3.8) is 0 Å². The first-order valence-corrected chi connectivity index (χ1v) is 13.9. The van der Waals surface area contributed by atoms with Gasteiger partial charge < -0.3 is 14.4 Å². The normalized spacial score (nSPS) is 21.6. The Kier molecular flexibility index (Phi) is 6.79. The van der Waals surface area contributed by atoms with Gasteiger partial charge in [0.05, 0.1) is 17.5 Å². The lowest BCUT2D eigenvalue weighted by atomic mass is 10.2. The van der Waals surface area contributed by atoms with Gasteiger partial charge in [-0.25, -0.2) is 8.42 Å². The SMILES string of the molecule is O=C(COc1ccccc1)N=C1SC2CS(=O)(=O)CC2N1c1ccc(OCc2ccccc2)cc1. The van der Waals surface area contributed by atoms with E-state index in [4.69, 9.17) is 9.47 Å². The van der Waals surface area contributed by atoms with E-state index in [0.29, 0.717) is 23.3 Å². The van der Waals surface area contributed by atoms with Crippen molar-refractivity contribution >= 4 is 38.4 Å². The summed E-state index contributed by atoms with van der Waals surface area (Å²) in [5, 5.41) is 0.324. The quantitative estimate of drug-likeness (QED) is 0.478. The number of nitrogens with zero attached hydrogens (tertiary/aromatic N) is 2. The number of amidine groups is 1. The Bertz CT molecular complexity index is 1310. The van der Waals surface area contributed by atoms with Gasteiger partial charge in [-0.3, -0.25) is 4.79 Å². The molecule has 2 saturated heterocycles. The maximum absolute atomic E-state index is 12.6. The topological polar surface area (TPSA) is 85.3 Å². The highest BCUT2D eigenvalue weighted by molar-refractivity contribution is 8.16. The van der Waals surface area contributed by atoms with Crippen molar-refractivity contribution in [2.75, 3.05) is 23.0 Å². The molecular weight excluding hydrogens is 484 g/mol. The number of benzene rings is 3. The van der Waals surface area contributed by atoms with Crippen LogP contribution in [0.15, 0.2) is 89.9 Å². The summed E-state index contributed by atoms with van der Waals surface area (Å²) < 4.78 is 36.0. The van der Waals surface area contributed by atoms with Gasteiger partial charge >= 0.3 is 0 Å². The van der Waals surface area contributed by atoms with Gasteiger partial charge in [0.25, 0.3) is 5.91 Å². The van der Waals surface area contributed by atoms with Crippen molar-refractivity contribution in [2.45, 2.75) is 17.9 Å². The maximum Gasteiger partial charge on any atom is 0.285 e. The van der Waals surface area contributed by atoms with Gasteiger partial charge in [0.2, 0.25) is 0 Å². The van der Waals surface area contributed by atoms with E-state index in [2.05, 4.69) is 4.99 Å². The minimum atomic E-state index is -3.14. The summed E-state index contributed by atoms with van der Waals surface area (Å²) in [5.41, 5.74) is 1.84. The van der Waals surface area contributed by atoms with E-state index >= 15 is 0 Å². The molecule has 0 radical (unpaired) electrons. The first kappa shape index (κ1) is 23.4. The predicted octanol–water partition coefficient (Wildman–Crippen LogP) is 3.95. The highest BCUT2D eigenvalue weighted by Crippen LogP contribution is 2.41. The molecule has 2 aliphatic heterocycles. The van der Waals surface area contributed by atoms with Gasteiger partial charge in [-0.05, 0) is 42.0 Å². The Balaban J connectivity index is 1.32. The molecule has 5 rings (SSSR count). The summed E-state index contributed by atoms with van der Waals surface area (Å²) in [7, 11) is -3.14. The molecule has 2 atom stereocenters. The Labute approximate surface area is 208 Å². The first-order valence-electron chi connectivity index (χ1n) is 11.2. The fourth-order valence-corrected chi connectivity index (χ4v) is 8.04. The zero-order chi connectivity index (χ0) is 24.3. The number of para-hydroxylation sites is 1. The molecule has 0 saturated carbocycles. The van der Waals surface area contributed by atoms with Crippen LogP contribution in [0.2, 0.25) is 0 Å². The molecule has 0 N–H and O–H groups in total. The molecule has 35 heavy (non-hydrogen) atoms. The number of rotatable bonds is 7. The lowest BCUT2D eigenvalue weighted by Gasteiger charge is -2.24. The minimum absolute atomic E-state index is 0.0324. The minimum Gasteiger partial charge on any atom is -0.489 e. The van der Waals surface area contributed by atoms with E-state index in [1.807, 2.05) is 77.7 Å². The average molecular weight is 509 g/mol. The second-order valence-corrected chi connectivity index (χ2v) is 11.7. The number of carbonyl (C=O) groups is 1. The fraction of sp³-hybridized carbons (Fsp3) is 0.231. The largest absolute Gasteiger partial charge is 0.489 e. The van der Waals surface area contributed by atoms with Gasteiger partial charge in [0.15, 0.2) is 21.6 Å². The Hall–Kier alpha value is -3.30. The molecule has 0 aromatic heterocycles. The highest BCUT2D eigenvalue weighted by atomic mass is 32.2. The number of fused-ring (bicyclic) bond motifs is 1. The van der Waals surface area contributed by atoms with Gasteiger partial charge in [-0.2, -0.15) is 4.99 Å². The molecular formula is C26H24N2O5S2. The maximum atomic E-state index is 12.6. The van der Waals surface area contributed by atoms with Crippen LogP contribution < -0.4 is 14.4 Å². The molecule has 1 amide bonds. The van der Waals surface area contributed by atoms with Crippen LogP contribution >= 0.6 is 11.8 Å². The van der Waals surface area contributed by atoms with E-state index < -0.39 is 15.7 Å². The van der Waals surface area contributed by atoms with Crippen LogP contribution in [-0.4, -0.2) is 48.9 Å². The molecule has 9 heteroatoms. The third-order valence-corrected chi connectivity index (χ3v) is 8.97. The van der Waals surface area contributed by atoms with Crippen molar-refractivity contribution in [1.82, 2.24) is 0 Å². The smallest absolute Gasteiger partial charge is 0.285 e. The zero-order valence-electron chi connectivity index (χ0n) is 18.8. The monoisotopic (exact) mass is 508 g/mol. The van der Waals surface area contributed by atoms with Crippen LogP contribution in [0, 0.1) is 0 Å². The summed E-state index contributed by atoms with van der Waals surface area (Å²) >= 11 is 1.34. The number of carbonyl (C=O) groups excluding carboxylic acids is 1. The molecule has 0 bridgehead atoms. The second-order valence-electron chi connectivity index (χ2n) is 8.33. The van der Waals surface area contributed by atoms with Gasteiger partial charge in [-0.15, -0.1) is 0 Å². The molecule has 7 nitrogen and oxygen atoms in total. The lowest BCUT2D eigenvalue weighted by molar-refractivity contribution is -0.119. The molecule has 2 fully saturated rings. The fourth-order valence-electron chi connectivity index (χ4n) is 4.11. The van der Waals surface area contributed by atoms with Crippen molar-refractivity contribution < 1.29 is 22.7 Å². The van der Waals surface area contributed by atoms with Crippen molar-refractivity contribution in [2.24, 2.45) is 4.99 Å². The summed E-state index contributed by atoms with van der Waals surface area (Å²) in [6, 6.07) is 26.1. The standard InChI is InChI=1S/C26H24N2O5S2/c29-25(16-33-21-9-5-2-6-10-21)27-26-28(23-17-35(30,31)18-24(23)34-26)20-11-13-22(14-12-20)32-15-19-7-3-1-4-8-19/h1-14,23-24H,15-18H2. The molecule has 0 spiro atoms. The zero-order valence-corrected chi connectivity index (χ0v) is 20.5. The number of amides is 1. The average Bonchev–Trinajstić information content (AvgIpc) is 3.33. The second kappa shape index (κ2) is 10.1. The number of hydrogen-bond acceptors (Lipinski definition) is 6. The Morgan fingerprint density at radius 1 is 0.886 bits per heavy atom. The molecule has 180 valence electrons. The molecule has 2 unspecified atom stereocenters. The number of thioether (sulfide) groups is 1. The van der Waals surface area contributed by atoms with E-state index in [-0.39, 0.29) is 29.4 Å². The third-order valence-electron chi connectivity index (χ3n) is 5.76. The van der Waals surface area contributed by atoms with Crippen LogP contribution in [-0.2, 0) is 21.2 Å². The number of ether oxygens (including phenoxy) is 2. The van der Waals surface area contributed by atoms with Gasteiger partial charge in [-0.1, -0.05) is 60.3 Å². The lowest BCUT2D eigenvalue weighted by Crippen LogP contribution is -2.37. The predicted molar refractivity (Wildman–Crippen MR) is 138 cm³/mol. The van der Waals surface area contributed by atoms with Crippen molar-refractivity contribution in [3.05, 3.63) is 90.5 Å². The summed E-state index contributed by atoms with van der Waals surface area (Å²) in [6.07, 6.45) is 0. The molecule has 0 aliphatic carbocycles. The number of aliphatic imine (C=N–C) groups is 1. The number of sulfone groups is 1. The van der Waals surface area contributed by atoms with Gasteiger partial charge in [0.1, 0.15) is 18.1 Å². The Morgan fingerprint density at radius 2 is 1.54 bits per heavy atom. The Morgan fingerprint density at radius 3 is 2.26 bits per heavy atom. The van der Waals surface area contributed by atoms with Crippen LogP contribution in [0.1, 0.15) is 5.56 Å².